The number of alkyl halides is 1. The third-order valence-corrected chi connectivity index (χ3v) is 9.87. The van der Waals surface area contributed by atoms with Crippen molar-refractivity contribution in [2.45, 2.75) is 68.2 Å². The molecule has 5 heteroatoms. The Bertz CT molecular complexity index is 893. The fourth-order valence-corrected chi connectivity index (χ4v) is 9.95. The van der Waals surface area contributed by atoms with E-state index in [-0.39, 0.29) is 11.5 Å². The molecule has 4 bridgehead atoms. The molecule has 0 spiro atoms. The smallest absolute Gasteiger partial charge is 0.223 e. The van der Waals surface area contributed by atoms with E-state index in [1.165, 1.54) is 43.2 Å². The van der Waals surface area contributed by atoms with Crippen molar-refractivity contribution in [3.63, 3.8) is 0 Å². The van der Waals surface area contributed by atoms with Gasteiger partial charge in [0, 0.05) is 17.3 Å². The number of rotatable bonds is 3. The number of hydrogen-bond acceptors (Lipinski definition) is 3. The molecule has 5 aliphatic rings. The number of carbonyl (C=O) groups excluding carboxylic acids is 1. The number of nitrogens with zero attached hydrogens (tertiary/aromatic N) is 2. The minimum Gasteiger partial charge on any atom is -0.333 e. The molecule has 2 aromatic rings. The first kappa shape index (κ1) is 17.9. The van der Waals surface area contributed by atoms with Gasteiger partial charge in [-0.2, -0.15) is 0 Å². The van der Waals surface area contributed by atoms with Crippen LogP contribution in [0.2, 0.25) is 0 Å². The second-order valence-corrected chi connectivity index (χ2v) is 12.8. The summed E-state index contributed by atoms with van der Waals surface area (Å²) in [7, 11) is 0. The zero-order valence-electron chi connectivity index (χ0n) is 16.2. The number of halogens is 1. The molecular formula is C23H27BrN2OS. The lowest BCUT2D eigenvalue weighted by molar-refractivity contribution is -0.139. The molecule has 3 nitrogen and oxygen atoms in total. The number of amides is 1. The van der Waals surface area contributed by atoms with Crippen LogP contribution in [0.4, 0.5) is 0 Å². The van der Waals surface area contributed by atoms with E-state index in [4.69, 9.17) is 4.98 Å². The Labute approximate surface area is 179 Å². The van der Waals surface area contributed by atoms with Gasteiger partial charge in [0.1, 0.15) is 5.01 Å². The van der Waals surface area contributed by atoms with Crippen molar-refractivity contribution >= 4 is 43.4 Å². The number of likely N-dealkylation sites (tertiary alicyclic amines) is 1. The van der Waals surface area contributed by atoms with Crippen molar-refractivity contribution in [3.8, 4) is 0 Å². The lowest BCUT2D eigenvalue weighted by atomic mass is 9.48. The lowest BCUT2D eigenvalue weighted by Gasteiger charge is -2.60. The third kappa shape index (κ3) is 2.87. The van der Waals surface area contributed by atoms with Gasteiger partial charge in [0.2, 0.25) is 5.91 Å². The van der Waals surface area contributed by atoms with Crippen molar-refractivity contribution in [3.05, 3.63) is 29.3 Å². The highest BCUT2D eigenvalue weighted by Crippen LogP contribution is 2.65. The molecule has 148 valence electrons. The Morgan fingerprint density at radius 3 is 2.75 bits per heavy atom. The van der Waals surface area contributed by atoms with Crippen LogP contribution in [0.1, 0.15) is 68.8 Å². The van der Waals surface area contributed by atoms with E-state index in [2.05, 4.69) is 39.0 Å². The molecule has 1 aliphatic heterocycles. The van der Waals surface area contributed by atoms with E-state index < -0.39 is 0 Å². The molecule has 2 heterocycles. The summed E-state index contributed by atoms with van der Waals surface area (Å²) in [5.41, 5.74) is 1.33. The van der Waals surface area contributed by atoms with E-state index in [1.54, 1.807) is 11.3 Å². The number of fused-ring (bicyclic) bond motifs is 1. The predicted molar refractivity (Wildman–Crippen MR) is 117 cm³/mol. The molecule has 3 atom stereocenters. The molecule has 1 amide bonds. The molecule has 28 heavy (non-hydrogen) atoms. The molecular weight excluding hydrogens is 432 g/mol. The van der Waals surface area contributed by atoms with Gasteiger partial charge in [-0.05, 0) is 80.8 Å². The Morgan fingerprint density at radius 2 is 2.00 bits per heavy atom. The average molecular weight is 459 g/mol. The van der Waals surface area contributed by atoms with Gasteiger partial charge in [-0.25, -0.2) is 4.98 Å². The summed E-state index contributed by atoms with van der Waals surface area (Å²) in [6.45, 7) is 0.905. The molecule has 0 radical (unpaired) electrons. The fourth-order valence-electron chi connectivity index (χ4n) is 7.32. The molecule has 4 aliphatic carbocycles. The van der Waals surface area contributed by atoms with Crippen LogP contribution in [0.3, 0.4) is 0 Å². The summed E-state index contributed by atoms with van der Waals surface area (Å²) < 4.78 is 1.56. The van der Waals surface area contributed by atoms with E-state index >= 15 is 0 Å². The van der Waals surface area contributed by atoms with Crippen LogP contribution >= 0.6 is 27.3 Å². The second-order valence-electron chi connectivity index (χ2n) is 10.1. The van der Waals surface area contributed by atoms with Gasteiger partial charge in [-0.1, -0.05) is 28.1 Å². The maximum absolute atomic E-state index is 13.5. The van der Waals surface area contributed by atoms with Crippen LogP contribution in [0.25, 0.3) is 10.2 Å². The van der Waals surface area contributed by atoms with Gasteiger partial charge < -0.3 is 4.90 Å². The first-order chi connectivity index (χ1) is 13.5. The number of benzene rings is 1. The summed E-state index contributed by atoms with van der Waals surface area (Å²) in [5.74, 6) is 2.07. The van der Waals surface area contributed by atoms with Crippen molar-refractivity contribution in [1.82, 2.24) is 9.88 Å². The number of para-hydroxylation sites is 1. The molecule has 3 unspecified atom stereocenters. The Hall–Kier alpha value is -0.940. The van der Waals surface area contributed by atoms with Crippen molar-refractivity contribution in [1.29, 1.82) is 0 Å². The standard InChI is InChI=1S/C23H27BrN2OS/c24-23-11-15-8-16(12-23)10-22(9-15,14-23)13-20(27)26-7-3-5-18(26)21-25-17-4-1-2-6-19(17)28-21/h1-2,4,6,15-16,18H,3,5,7-14H2. The zero-order valence-corrected chi connectivity index (χ0v) is 18.6. The van der Waals surface area contributed by atoms with Crippen LogP contribution < -0.4 is 0 Å². The summed E-state index contributed by atoms with van der Waals surface area (Å²) in [5, 5.41) is 1.13. The first-order valence-corrected chi connectivity index (χ1v) is 12.5. The zero-order chi connectivity index (χ0) is 18.9. The van der Waals surface area contributed by atoms with Crippen molar-refractivity contribution in [2.24, 2.45) is 17.3 Å². The molecule has 1 aromatic carbocycles. The summed E-state index contributed by atoms with van der Waals surface area (Å²) in [4.78, 5) is 20.6. The molecule has 4 saturated carbocycles. The topological polar surface area (TPSA) is 33.2 Å². The summed E-state index contributed by atoms with van der Waals surface area (Å²) in [6, 6.07) is 8.54. The molecule has 1 saturated heterocycles. The van der Waals surface area contributed by atoms with Gasteiger partial charge in [-0.3, -0.25) is 4.79 Å². The quantitative estimate of drug-likeness (QED) is 0.521. The van der Waals surface area contributed by atoms with Crippen LogP contribution in [-0.4, -0.2) is 26.7 Å². The number of aromatic nitrogens is 1. The maximum atomic E-state index is 13.5. The van der Waals surface area contributed by atoms with Crippen LogP contribution in [0.15, 0.2) is 24.3 Å². The maximum Gasteiger partial charge on any atom is 0.223 e. The highest BCUT2D eigenvalue weighted by Gasteiger charge is 2.57. The highest BCUT2D eigenvalue weighted by atomic mass is 79.9. The number of hydrogen-bond donors (Lipinski definition) is 0. The highest BCUT2D eigenvalue weighted by molar-refractivity contribution is 9.10. The third-order valence-electron chi connectivity index (χ3n) is 7.81. The number of carbonyl (C=O) groups is 1. The van der Waals surface area contributed by atoms with E-state index in [0.717, 1.165) is 48.2 Å². The van der Waals surface area contributed by atoms with Crippen LogP contribution in [0.5, 0.6) is 0 Å². The fraction of sp³-hybridized carbons (Fsp3) is 0.652. The van der Waals surface area contributed by atoms with Gasteiger partial charge >= 0.3 is 0 Å². The van der Waals surface area contributed by atoms with E-state index in [1.807, 2.05) is 6.07 Å². The largest absolute Gasteiger partial charge is 0.333 e. The number of thiazole rings is 1. The SMILES string of the molecule is O=C(CC12CC3CC(CC(Br)(C3)C1)C2)N1CCCC1c1nc2ccccc2s1. The summed E-state index contributed by atoms with van der Waals surface area (Å²) in [6.07, 6.45) is 10.8. The van der Waals surface area contributed by atoms with Gasteiger partial charge in [0.05, 0.1) is 16.3 Å². The Morgan fingerprint density at radius 1 is 1.21 bits per heavy atom. The Balaban J connectivity index is 1.24. The summed E-state index contributed by atoms with van der Waals surface area (Å²) >= 11 is 5.87. The minimum atomic E-state index is 0.191. The van der Waals surface area contributed by atoms with E-state index in [0.29, 0.717) is 10.2 Å². The van der Waals surface area contributed by atoms with E-state index in [9.17, 15) is 4.79 Å². The average Bonchev–Trinajstić information content (AvgIpc) is 3.25. The Kier molecular flexibility index (Phi) is 4.01. The van der Waals surface area contributed by atoms with Crippen molar-refractivity contribution < 1.29 is 4.79 Å². The predicted octanol–water partition coefficient (Wildman–Crippen LogP) is 6.08. The molecule has 1 aromatic heterocycles. The molecule has 5 fully saturated rings. The minimum absolute atomic E-state index is 0.191. The van der Waals surface area contributed by atoms with Crippen molar-refractivity contribution in [2.75, 3.05) is 6.54 Å². The molecule has 7 rings (SSSR count). The molecule has 0 N–H and O–H groups in total. The monoisotopic (exact) mass is 458 g/mol. The normalized spacial score (nSPS) is 39.2. The second kappa shape index (κ2) is 6.28. The van der Waals surface area contributed by atoms with Gasteiger partial charge in [-0.15, -0.1) is 11.3 Å². The van der Waals surface area contributed by atoms with Crippen LogP contribution in [0, 0.1) is 17.3 Å². The van der Waals surface area contributed by atoms with Gasteiger partial charge in [0.25, 0.3) is 0 Å². The first-order valence-electron chi connectivity index (χ1n) is 10.8. The van der Waals surface area contributed by atoms with Crippen LogP contribution in [-0.2, 0) is 4.79 Å². The van der Waals surface area contributed by atoms with Gasteiger partial charge in [0.15, 0.2) is 0 Å². The lowest BCUT2D eigenvalue weighted by Crippen LogP contribution is -2.54.